The largest absolute Gasteiger partial charge is 0.492 e. The van der Waals surface area contributed by atoms with E-state index < -0.39 is 0 Å². The highest BCUT2D eigenvalue weighted by molar-refractivity contribution is 6.11. The Bertz CT molecular complexity index is 1300. The first-order valence-electron chi connectivity index (χ1n) is 12.3. The highest BCUT2D eigenvalue weighted by Gasteiger charge is 2.31. The van der Waals surface area contributed by atoms with Gasteiger partial charge in [-0.2, -0.15) is 0 Å². The second-order valence-corrected chi connectivity index (χ2v) is 9.20. The van der Waals surface area contributed by atoms with Gasteiger partial charge in [0, 0.05) is 44.9 Å². The molecule has 2 aromatic heterocycles. The standard InChI is InChI=1S/C27H31N5O4/c1-5-17-9-11-32(16-17)26(33)18-7-8-19(23(13-18)35-6-2)29-24-14-21-22(15-28-24)31(4)27(34)25-20(30(21)3)10-12-36-25/h7-8,10,12-15,17H,5-6,9,11,16H2,1-4H3,(H,28,29). The number of carbonyl (C=O) groups excluding carboxylic acids is 2. The van der Waals surface area contributed by atoms with Crippen LogP contribution in [0.4, 0.5) is 28.6 Å². The fraction of sp³-hybridized carbons (Fsp3) is 0.370. The summed E-state index contributed by atoms with van der Waals surface area (Å²) in [5, 5.41) is 3.33. The maximum atomic E-state index is 13.1. The normalized spacial score (nSPS) is 17.1. The van der Waals surface area contributed by atoms with Crippen LogP contribution in [0, 0.1) is 5.92 Å². The van der Waals surface area contributed by atoms with Gasteiger partial charge in [0.15, 0.2) is 0 Å². The summed E-state index contributed by atoms with van der Waals surface area (Å²) in [4.78, 5) is 35.8. The molecule has 9 heteroatoms. The monoisotopic (exact) mass is 489 g/mol. The predicted molar refractivity (Wildman–Crippen MR) is 139 cm³/mol. The molecule has 0 aliphatic carbocycles. The lowest BCUT2D eigenvalue weighted by molar-refractivity contribution is 0.0786. The van der Waals surface area contributed by atoms with Gasteiger partial charge in [0.2, 0.25) is 5.76 Å². The molecule has 1 fully saturated rings. The second-order valence-electron chi connectivity index (χ2n) is 9.20. The van der Waals surface area contributed by atoms with Gasteiger partial charge in [-0.3, -0.25) is 9.59 Å². The fourth-order valence-corrected chi connectivity index (χ4v) is 4.86. The fourth-order valence-electron chi connectivity index (χ4n) is 4.86. The third kappa shape index (κ3) is 4.14. The molecule has 1 N–H and O–H groups in total. The molecule has 2 aliphatic heterocycles. The van der Waals surface area contributed by atoms with Crippen molar-refractivity contribution >= 4 is 40.4 Å². The number of furan rings is 1. The number of carbonyl (C=O) groups is 2. The van der Waals surface area contributed by atoms with Crippen LogP contribution in [0.5, 0.6) is 5.75 Å². The molecule has 1 saturated heterocycles. The molecule has 4 heterocycles. The van der Waals surface area contributed by atoms with Crippen molar-refractivity contribution in [1.29, 1.82) is 0 Å². The second kappa shape index (κ2) is 9.56. The van der Waals surface area contributed by atoms with E-state index in [1.807, 2.05) is 42.0 Å². The molecule has 5 rings (SSSR count). The molecule has 0 spiro atoms. The average molecular weight is 490 g/mol. The van der Waals surface area contributed by atoms with Gasteiger partial charge in [-0.1, -0.05) is 13.3 Å². The number of rotatable bonds is 6. The van der Waals surface area contributed by atoms with Crippen LogP contribution in [0.1, 0.15) is 47.6 Å². The summed E-state index contributed by atoms with van der Waals surface area (Å²) in [5.41, 5.74) is 3.48. The van der Waals surface area contributed by atoms with Gasteiger partial charge >= 0.3 is 0 Å². The first kappa shape index (κ1) is 23.7. The number of aromatic nitrogens is 1. The van der Waals surface area contributed by atoms with E-state index >= 15 is 0 Å². The number of nitrogens with zero attached hydrogens (tertiary/aromatic N) is 4. The molecule has 36 heavy (non-hydrogen) atoms. The first-order valence-corrected chi connectivity index (χ1v) is 12.3. The van der Waals surface area contributed by atoms with E-state index in [4.69, 9.17) is 9.15 Å². The van der Waals surface area contributed by atoms with E-state index in [9.17, 15) is 9.59 Å². The van der Waals surface area contributed by atoms with Crippen LogP contribution in [0.15, 0.2) is 47.2 Å². The van der Waals surface area contributed by atoms with Gasteiger partial charge in [0.05, 0.1) is 41.8 Å². The average Bonchev–Trinajstić information content (AvgIpc) is 3.57. The Kier molecular flexibility index (Phi) is 6.30. The summed E-state index contributed by atoms with van der Waals surface area (Å²) in [5.74, 6) is 1.83. The number of pyridine rings is 1. The number of hydrogen-bond donors (Lipinski definition) is 1. The molecular formula is C27H31N5O4. The molecule has 0 radical (unpaired) electrons. The minimum absolute atomic E-state index is 0.0341. The maximum Gasteiger partial charge on any atom is 0.296 e. The van der Waals surface area contributed by atoms with E-state index in [0.29, 0.717) is 46.7 Å². The van der Waals surface area contributed by atoms with E-state index in [1.54, 1.807) is 25.4 Å². The van der Waals surface area contributed by atoms with Gasteiger partial charge in [0.25, 0.3) is 11.8 Å². The Labute approximate surface area is 210 Å². The Morgan fingerprint density at radius 2 is 1.97 bits per heavy atom. The third-order valence-electron chi connectivity index (χ3n) is 7.03. The smallest absolute Gasteiger partial charge is 0.296 e. The molecule has 1 aromatic carbocycles. The molecule has 9 nitrogen and oxygen atoms in total. The summed E-state index contributed by atoms with van der Waals surface area (Å²) in [6.45, 7) is 6.15. The molecule has 2 aliphatic rings. The summed E-state index contributed by atoms with van der Waals surface area (Å²) < 4.78 is 11.3. The zero-order chi connectivity index (χ0) is 25.4. The van der Waals surface area contributed by atoms with E-state index in [2.05, 4.69) is 17.2 Å². The van der Waals surface area contributed by atoms with Crippen LogP contribution in [-0.4, -0.2) is 55.5 Å². The Balaban J connectivity index is 1.43. The minimum Gasteiger partial charge on any atom is -0.492 e. The van der Waals surface area contributed by atoms with Crippen LogP contribution < -0.4 is 19.9 Å². The molecule has 1 atom stereocenters. The molecule has 2 amide bonds. The van der Waals surface area contributed by atoms with Gasteiger partial charge in [-0.25, -0.2) is 4.98 Å². The van der Waals surface area contributed by atoms with Crippen LogP contribution in [0.2, 0.25) is 0 Å². The molecule has 1 unspecified atom stereocenters. The summed E-state index contributed by atoms with van der Waals surface area (Å²) >= 11 is 0. The quantitative estimate of drug-likeness (QED) is 0.518. The molecular weight excluding hydrogens is 458 g/mol. The zero-order valence-electron chi connectivity index (χ0n) is 21.1. The summed E-state index contributed by atoms with van der Waals surface area (Å²) in [7, 11) is 3.59. The van der Waals surface area contributed by atoms with Crippen molar-refractivity contribution in [1.82, 2.24) is 9.88 Å². The van der Waals surface area contributed by atoms with Crippen molar-refractivity contribution in [2.45, 2.75) is 26.7 Å². The van der Waals surface area contributed by atoms with Crippen molar-refractivity contribution in [2.24, 2.45) is 5.92 Å². The Morgan fingerprint density at radius 1 is 1.14 bits per heavy atom. The van der Waals surface area contributed by atoms with Crippen LogP contribution >= 0.6 is 0 Å². The van der Waals surface area contributed by atoms with Crippen molar-refractivity contribution in [3.8, 4) is 5.75 Å². The number of benzene rings is 1. The number of ether oxygens (including phenoxy) is 1. The number of likely N-dealkylation sites (tertiary alicyclic amines) is 1. The Hall–Kier alpha value is -4.01. The molecule has 0 bridgehead atoms. The third-order valence-corrected chi connectivity index (χ3v) is 7.03. The Morgan fingerprint density at radius 3 is 2.72 bits per heavy atom. The van der Waals surface area contributed by atoms with Crippen molar-refractivity contribution in [2.75, 3.05) is 48.9 Å². The van der Waals surface area contributed by atoms with Crippen molar-refractivity contribution in [3.63, 3.8) is 0 Å². The number of hydrogen-bond acceptors (Lipinski definition) is 7. The molecule has 0 saturated carbocycles. The van der Waals surface area contributed by atoms with Gasteiger partial charge in [0.1, 0.15) is 11.6 Å². The lowest BCUT2D eigenvalue weighted by Gasteiger charge is -2.22. The summed E-state index contributed by atoms with van der Waals surface area (Å²) in [6.07, 6.45) is 5.32. The highest BCUT2D eigenvalue weighted by Crippen LogP contribution is 2.41. The lowest BCUT2D eigenvalue weighted by Crippen LogP contribution is -2.28. The van der Waals surface area contributed by atoms with Crippen molar-refractivity contribution in [3.05, 3.63) is 54.1 Å². The van der Waals surface area contributed by atoms with Gasteiger partial charge < -0.3 is 29.2 Å². The first-order chi connectivity index (χ1) is 17.4. The SMILES string of the molecule is CCOc1cc(C(=O)N2CCC(CC)C2)ccc1Nc1cc2c(cn1)N(C)C(=O)c1occc1N2C. The van der Waals surface area contributed by atoms with E-state index in [1.165, 1.54) is 11.2 Å². The van der Waals surface area contributed by atoms with Gasteiger partial charge in [-0.15, -0.1) is 0 Å². The van der Waals surface area contributed by atoms with Crippen LogP contribution in [0.3, 0.4) is 0 Å². The predicted octanol–water partition coefficient (Wildman–Crippen LogP) is 5.05. The number of nitrogens with one attached hydrogen (secondary N) is 1. The van der Waals surface area contributed by atoms with Gasteiger partial charge in [-0.05, 0) is 37.5 Å². The van der Waals surface area contributed by atoms with E-state index in [0.717, 1.165) is 31.6 Å². The van der Waals surface area contributed by atoms with E-state index in [-0.39, 0.29) is 17.6 Å². The number of amides is 2. The van der Waals surface area contributed by atoms with Crippen LogP contribution in [0.25, 0.3) is 0 Å². The minimum atomic E-state index is -0.231. The van der Waals surface area contributed by atoms with Crippen LogP contribution in [-0.2, 0) is 0 Å². The topological polar surface area (TPSA) is 91.2 Å². The lowest BCUT2D eigenvalue weighted by atomic mass is 10.1. The maximum absolute atomic E-state index is 13.1. The highest BCUT2D eigenvalue weighted by atomic mass is 16.5. The zero-order valence-corrected chi connectivity index (χ0v) is 21.1. The number of anilines is 5. The van der Waals surface area contributed by atoms with Crippen molar-refractivity contribution < 1.29 is 18.7 Å². The number of fused-ring (bicyclic) bond motifs is 2. The molecule has 188 valence electrons. The molecule has 3 aromatic rings. The summed E-state index contributed by atoms with van der Waals surface area (Å²) in [6, 6.07) is 9.13.